The van der Waals surface area contributed by atoms with Crippen molar-refractivity contribution in [3.05, 3.63) is 71.3 Å². The van der Waals surface area contributed by atoms with Crippen molar-refractivity contribution in [3.63, 3.8) is 0 Å². The molecule has 0 bridgehead atoms. The number of rotatable bonds is 4. The van der Waals surface area contributed by atoms with Gasteiger partial charge in [0.15, 0.2) is 5.76 Å². The third kappa shape index (κ3) is 2.99. The van der Waals surface area contributed by atoms with E-state index < -0.39 is 11.9 Å². The average Bonchev–Trinajstić information content (AvgIpc) is 3.43. The van der Waals surface area contributed by atoms with Crippen LogP contribution in [0.3, 0.4) is 0 Å². The van der Waals surface area contributed by atoms with Crippen LogP contribution in [-0.2, 0) is 0 Å². The second kappa shape index (κ2) is 6.78. The van der Waals surface area contributed by atoms with Crippen LogP contribution in [0.15, 0.2) is 68.8 Å². The summed E-state index contributed by atoms with van der Waals surface area (Å²) in [6.45, 7) is 0. The van der Waals surface area contributed by atoms with E-state index in [1.807, 2.05) is 12.1 Å². The van der Waals surface area contributed by atoms with Gasteiger partial charge in [-0.15, -0.1) is 11.3 Å². The monoisotopic (exact) mass is 419 g/mol. The van der Waals surface area contributed by atoms with Gasteiger partial charge in [-0.25, -0.2) is 4.79 Å². The van der Waals surface area contributed by atoms with Gasteiger partial charge in [0.05, 0.1) is 10.6 Å². The van der Waals surface area contributed by atoms with E-state index in [-0.39, 0.29) is 22.8 Å². The summed E-state index contributed by atoms with van der Waals surface area (Å²) < 4.78 is 11.3. The first-order chi connectivity index (χ1) is 14.5. The van der Waals surface area contributed by atoms with E-state index >= 15 is 0 Å². The van der Waals surface area contributed by atoms with Gasteiger partial charge in [-0.2, -0.15) is 0 Å². The van der Waals surface area contributed by atoms with E-state index in [0.717, 1.165) is 16.7 Å². The molecule has 8 heteroatoms. The Kier molecular flexibility index (Phi) is 4.07. The lowest BCUT2D eigenvalue weighted by molar-refractivity contribution is 0.0699. The number of amides is 1. The van der Waals surface area contributed by atoms with Gasteiger partial charge in [0.25, 0.3) is 5.91 Å². The molecule has 7 nitrogen and oxygen atoms in total. The van der Waals surface area contributed by atoms with Crippen LogP contribution in [0.1, 0.15) is 20.9 Å². The van der Waals surface area contributed by atoms with Crippen molar-refractivity contribution >= 4 is 50.8 Å². The molecule has 3 aromatic heterocycles. The Morgan fingerprint density at radius 3 is 2.53 bits per heavy atom. The second-order valence-electron chi connectivity index (χ2n) is 6.59. The summed E-state index contributed by atoms with van der Waals surface area (Å²) in [7, 11) is 0. The topological polar surface area (TPSA) is 113 Å². The molecule has 0 saturated carbocycles. The van der Waals surface area contributed by atoms with Gasteiger partial charge in [0.2, 0.25) is 0 Å². The standard InChI is InChI=1S/C22H13NO6S/c24-13-5-6-16-12(7-13)9-17(28-16)20-19(22(26)27)14(10-30-20)23-21(25)18-8-11-3-1-2-4-15(11)29-18/h1-10,24H,(H,23,25)(H,26,27). The van der Waals surface area contributed by atoms with E-state index in [4.69, 9.17) is 8.83 Å². The van der Waals surface area contributed by atoms with Crippen LogP contribution in [0.2, 0.25) is 0 Å². The van der Waals surface area contributed by atoms with Crippen molar-refractivity contribution in [2.24, 2.45) is 0 Å². The number of para-hydroxylation sites is 1. The Labute approximate surface area is 172 Å². The number of carboxylic acids is 1. The first-order valence-electron chi connectivity index (χ1n) is 8.87. The highest BCUT2D eigenvalue weighted by Gasteiger charge is 2.24. The number of benzene rings is 2. The summed E-state index contributed by atoms with van der Waals surface area (Å²) in [6, 6.07) is 15.1. The first kappa shape index (κ1) is 18.0. The predicted molar refractivity (Wildman–Crippen MR) is 112 cm³/mol. The molecular formula is C22H13NO6S. The molecule has 0 saturated heterocycles. The van der Waals surface area contributed by atoms with Crippen LogP contribution >= 0.6 is 11.3 Å². The molecule has 1 amide bonds. The summed E-state index contributed by atoms with van der Waals surface area (Å²) in [5.74, 6) is -1.25. The number of carbonyl (C=O) groups is 2. The predicted octanol–water partition coefficient (Wildman–Crippen LogP) is 5.56. The number of carbonyl (C=O) groups excluding carboxylic acids is 1. The summed E-state index contributed by atoms with van der Waals surface area (Å²) in [5.41, 5.74) is 1.15. The molecule has 5 rings (SSSR count). The van der Waals surface area contributed by atoms with E-state index in [1.165, 1.54) is 12.1 Å². The largest absolute Gasteiger partial charge is 0.508 e. The van der Waals surface area contributed by atoms with Gasteiger partial charge in [0.1, 0.15) is 28.2 Å². The van der Waals surface area contributed by atoms with Crippen molar-refractivity contribution in [3.8, 4) is 16.4 Å². The fourth-order valence-electron chi connectivity index (χ4n) is 3.26. The van der Waals surface area contributed by atoms with Crippen molar-refractivity contribution in [2.75, 3.05) is 5.32 Å². The van der Waals surface area contributed by atoms with Gasteiger partial charge < -0.3 is 24.4 Å². The number of phenolic OH excluding ortho intramolecular Hbond substituents is 1. The summed E-state index contributed by atoms with van der Waals surface area (Å²) in [4.78, 5) is 25.0. The molecule has 0 aliphatic carbocycles. The Hall–Kier alpha value is -4.04. The van der Waals surface area contributed by atoms with Gasteiger partial charge in [0, 0.05) is 16.2 Å². The number of fused-ring (bicyclic) bond motifs is 2. The molecule has 2 aromatic carbocycles. The van der Waals surface area contributed by atoms with Crippen molar-refractivity contribution in [1.29, 1.82) is 0 Å². The average molecular weight is 419 g/mol. The molecule has 0 aliphatic rings. The number of carboxylic acid groups (broad SMARTS) is 1. The molecule has 3 N–H and O–H groups in total. The molecule has 0 aliphatic heterocycles. The maximum absolute atomic E-state index is 12.6. The number of hydrogen-bond acceptors (Lipinski definition) is 6. The maximum Gasteiger partial charge on any atom is 0.339 e. The van der Waals surface area contributed by atoms with E-state index in [0.29, 0.717) is 27.2 Å². The fourth-order valence-corrected chi connectivity index (χ4v) is 4.21. The number of thiophene rings is 1. The lowest BCUT2D eigenvalue weighted by atomic mass is 10.1. The molecular weight excluding hydrogens is 406 g/mol. The van der Waals surface area contributed by atoms with Gasteiger partial charge in [-0.3, -0.25) is 4.79 Å². The van der Waals surface area contributed by atoms with Crippen molar-refractivity contribution in [1.82, 2.24) is 0 Å². The minimum Gasteiger partial charge on any atom is -0.508 e. The molecule has 3 heterocycles. The Morgan fingerprint density at radius 2 is 1.73 bits per heavy atom. The molecule has 148 valence electrons. The third-order valence-corrected chi connectivity index (χ3v) is 5.62. The number of phenols is 1. The lowest BCUT2D eigenvalue weighted by Gasteiger charge is -2.03. The smallest absolute Gasteiger partial charge is 0.339 e. The van der Waals surface area contributed by atoms with Crippen LogP contribution in [0.5, 0.6) is 5.75 Å². The summed E-state index contributed by atoms with van der Waals surface area (Å²) >= 11 is 1.14. The van der Waals surface area contributed by atoms with Gasteiger partial charge in [-0.1, -0.05) is 18.2 Å². The molecule has 0 spiro atoms. The van der Waals surface area contributed by atoms with Gasteiger partial charge >= 0.3 is 5.97 Å². The zero-order chi connectivity index (χ0) is 20.8. The molecule has 30 heavy (non-hydrogen) atoms. The number of nitrogens with one attached hydrogen (secondary N) is 1. The molecule has 5 aromatic rings. The number of hydrogen-bond donors (Lipinski definition) is 3. The van der Waals surface area contributed by atoms with Gasteiger partial charge in [-0.05, 0) is 36.4 Å². The van der Waals surface area contributed by atoms with Crippen LogP contribution in [0, 0.1) is 0 Å². The molecule has 0 atom stereocenters. The highest BCUT2D eigenvalue weighted by Crippen LogP contribution is 2.39. The Morgan fingerprint density at radius 1 is 0.933 bits per heavy atom. The number of aromatic carboxylic acids is 1. The summed E-state index contributed by atoms with van der Waals surface area (Å²) in [5, 5.41) is 25.0. The van der Waals surface area contributed by atoms with E-state index in [1.54, 1.807) is 35.7 Å². The lowest BCUT2D eigenvalue weighted by Crippen LogP contribution is -2.13. The Bertz CT molecular complexity index is 1410. The molecule has 0 radical (unpaired) electrons. The normalized spacial score (nSPS) is 11.2. The molecule has 0 unspecified atom stereocenters. The maximum atomic E-state index is 12.6. The van der Waals surface area contributed by atoms with Crippen molar-refractivity contribution in [2.45, 2.75) is 0 Å². The van der Waals surface area contributed by atoms with Crippen molar-refractivity contribution < 1.29 is 28.6 Å². The number of aromatic hydroxyl groups is 1. The molecule has 0 fully saturated rings. The van der Waals surface area contributed by atoms with E-state index in [2.05, 4.69) is 5.32 Å². The number of furan rings is 2. The minimum atomic E-state index is -1.20. The minimum absolute atomic E-state index is 0.0762. The zero-order valence-corrected chi connectivity index (χ0v) is 16.0. The van der Waals surface area contributed by atoms with E-state index in [9.17, 15) is 19.8 Å². The number of anilines is 1. The summed E-state index contributed by atoms with van der Waals surface area (Å²) in [6.07, 6.45) is 0. The van der Waals surface area contributed by atoms with Crippen LogP contribution in [0.25, 0.3) is 32.6 Å². The zero-order valence-electron chi connectivity index (χ0n) is 15.2. The SMILES string of the molecule is O=C(Nc1csc(-c2cc3cc(O)ccc3o2)c1C(=O)O)c1cc2ccccc2o1. The second-order valence-corrected chi connectivity index (χ2v) is 7.47. The highest BCUT2D eigenvalue weighted by atomic mass is 32.1. The Balaban J connectivity index is 1.52. The quantitative estimate of drug-likeness (QED) is 0.351. The van der Waals surface area contributed by atoms with Crippen LogP contribution < -0.4 is 5.32 Å². The first-order valence-corrected chi connectivity index (χ1v) is 9.75. The highest BCUT2D eigenvalue weighted by molar-refractivity contribution is 7.14. The third-order valence-electron chi connectivity index (χ3n) is 4.63. The van der Waals surface area contributed by atoms with Crippen LogP contribution in [0.4, 0.5) is 5.69 Å². The fraction of sp³-hybridized carbons (Fsp3) is 0. The van der Waals surface area contributed by atoms with Crippen LogP contribution in [-0.4, -0.2) is 22.1 Å².